The van der Waals surface area contributed by atoms with Gasteiger partial charge in [0, 0.05) is 47.2 Å². The number of fused-ring (bicyclic) bond motifs is 2. The lowest BCUT2D eigenvalue weighted by atomic mass is 10.1. The van der Waals surface area contributed by atoms with E-state index < -0.39 is 0 Å². The van der Waals surface area contributed by atoms with Crippen molar-refractivity contribution in [2.24, 2.45) is 0 Å². The summed E-state index contributed by atoms with van der Waals surface area (Å²) in [5.74, 6) is 0.505. The molecule has 1 saturated heterocycles. The number of ether oxygens (including phenoxy) is 2. The first-order chi connectivity index (χ1) is 15.1. The zero-order valence-electron chi connectivity index (χ0n) is 16.9. The van der Waals surface area contributed by atoms with Crippen molar-refractivity contribution in [2.45, 2.75) is 19.3 Å². The summed E-state index contributed by atoms with van der Waals surface area (Å²) >= 11 is 6.04. The number of carbonyl (C=O) groups is 2. The van der Waals surface area contributed by atoms with Crippen molar-refractivity contribution in [3.8, 4) is 11.5 Å². The van der Waals surface area contributed by atoms with E-state index in [-0.39, 0.29) is 11.8 Å². The smallest absolute Gasteiger partial charge is 0.272 e. The third-order valence-corrected chi connectivity index (χ3v) is 5.79. The highest BCUT2D eigenvalue weighted by molar-refractivity contribution is 6.31. The van der Waals surface area contributed by atoms with Gasteiger partial charge < -0.3 is 24.7 Å². The SMILES string of the molecule is O=C(Nc1cc2c(c(C(=O)N3CCCC3)c1)OCCCO2)c1cc2cc(Cl)ccc2[nH]1. The van der Waals surface area contributed by atoms with E-state index in [4.69, 9.17) is 21.1 Å². The molecular formula is C23H22ClN3O4. The van der Waals surface area contributed by atoms with Crippen molar-refractivity contribution in [1.82, 2.24) is 9.88 Å². The minimum absolute atomic E-state index is 0.101. The lowest BCUT2D eigenvalue weighted by Crippen LogP contribution is -2.28. The average molecular weight is 440 g/mol. The highest BCUT2D eigenvalue weighted by Gasteiger charge is 2.27. The number of carbonyl (C=O) groups excluding carboxylic acids is 2. The van der Waals surface area contributed by atoms with Crippen LogP contribution in [-0.2, 0) is 0 Å². The Morgan fingerprint density at radius 3 is 2.65 bits per heavy atom. The number of aromatic nitrogens is 1. The second-order valence-corrected chi connectivity index (χ2v) is 8.21. The van der Waals surface area contributed by atoms with E-state index in [1.807, 2.05) is 11.0 Å². The van der Waals surface area contributed by atoms with Gasteiger partial charge in [-0.2, -0.15) is 0 Å². The Kier molecular flexibility index (Phi) is 5.19. The molecule has 8 heteroatoms. The van der Waals surface area contributed by atoms with E-state index in [0.717, 1.165) is 43.3 Å². The van der Waals surface area contributed by atoms with Crippen molar-refractivity contribution in [1.29, 1.82) is 0 Å². The second-order valence-electron chi connectivity index (χ2n) is 7.77. The summed E-state index contributed by atoms with van der Waals surface area (Å²) in [7, 11) is 0. The fourth-order valence-corrected chi connectivity index (χ4v) is 4.20. The number of anilines is 1. The topological polar surface area (TPSA) is 83.7 Å². The van der Waals surface area contributed by atoms with Crippen LogP contribution in [0, 0.1) is 0 Å². The Balaban J connectivity index is 1.47. The van der Waals surface area contributed by atoms with Gasteiger partial charge in [0.05, 0.1) is 18.8 Å². The first kappa shape index (κ1) is 19.8. The molecule has 0 bridgehead atoms. The standard InChI is InChI=1S/C23H22ClN3O4/c24-15-4-5-18-14(10-15)11-19(26-18)22(28)25-16-12-17(23(29)27-6-1-2-7-27)21-20(13-16)30-8-3-9-31-21/h4-5,10-13,26H,1-3,6-9H2,(H,25,28). The summed E-state index contributed by atoms with van der Waals surface area (Å²) in [6.07, 6.45) is 2.71. The molecule has 3 aromatic rings. The molecule has 1 aromatic heterocycles. The number of benzene rings is 2. The highest BCUT2D eigenvalue weighted by Crippen LogP contribution is 2.38. The molecule has 5 rings (SSSR count). The van der Waals surface area contributed by atoms with Gasteiger partial charge >= 0.3 is 0 Å². The largest absolute Gasteiger partial charge is 0.489 e. The van der Waals surface area contributed by atoms with Gasteiger partial charge in [0.2, 0.25) is 0 Å². The number of hydrogen-bond acceptors (Lipinski definition) is 4. The molecule has 7 nitrogen and oxygen atoms in total. The normalized spacial score (nSPS) is 15.7. The minimum Gasteiger partial charge on any atom is -0.489 e. The molecule has 2 aliphatic rings. The number of nitrogens with one attached hydrogen (secondary N) is 2. The second kappa shape index (κ2) is 8.15. The zero-order chi connectivity index (χ0) is 21.4. The number of H-pyrrole nitrogens is 1. The van der Waals surface area contributed by atoms with E-state index >= 15 is 0 Å². The Morgan fingerprint density at radius 1 is 1.00 bits per heavy atom. The lowest BCUT2D eigenvalue weighted by Gasteiger charge is -2.19. The molecule has 0 aliphatic carbocycles. The highest BCUT2D eigenvalue weighted by atomic mass is 35.5. The number of nitrogens with zero attached hydrogens (tertiary/aromatic N) is 1. The van der Waals surface area contributed by atoms with Crippen LogP contribution in [0.2, 0.25) is 5.02 Å². The van der Waals surface area contributed by atoms with E-state index in [2.05, 4.69) is 10.3 Å². The number of amides is 2. The Labute approximate surface area is 184 Å². The summed E-state index contributed by atoms with van der Waals surface area (Å²) in [6.45, 7) is 2.42. The monoisotopic (exact) mass is 439 g/mol. The van der Waals surface area contributed by atoms with Crippen LogP contribution in [0.4, 0.5) is 5.69 Å². The Hall–Kier alpha value is -3.19. The predicted molar refractivity (Wildman–Crippen MR) is 118 cm³/mol. The summed E-state index contributed by atoms with van der Waals surface area (Å²) in [4.78, 5) is 31.0. The van der Waals surface area contributed by atoms with E-state index in [0.29, 0.717) is 46.7 Å². The van der Waals surface area contributed by atoms with Crippen LogP contribution in [-0.4, -0.2) is 48.0 Å². The lowest BCUT2D eigenvalue weighted by molar-refractivity contribution is 0.0788. The number of rotatable bonds is 3. The molecule has 31 heavy (non-hydrogen) atoms. The first-order valence-corrected chi connectivity index (χ1v) is 10.8. The minimum atomic E-state index is -0.318. The van der Waals surface area contributed by atoms with Crippen molar-refractivity contribution >= 4 is 40.0 Å². The van der Waals surface area contributed by atoms with Gasteiger partial charge in [-0.15, -0.1) is 0 Å². The van der Waals surface area contributed by atoms with Gasteiger partial charge in [0.15, 0.2) is 11.5 Å². The number of halogens is 1. The third kappa shape index (κ3) is 3.93. The van der Waals surface area contributed by atoms with E-state index in [9.17, 15) is 9.59 Å². The van der Waals surface area contributed by atoms with E-state index in [1.165, 1.54) is 0 Å². The zero-order valence-corrected chi connectivity index (χ0v) is 17.6. The van der Waals surface area contributed by atoms with Crippen molar-refractivity contribution in [3.63, 3.8) is 0 Å². The molecule has 0 spiro atoms. The molecule has 0 atom stereocenters. The molecule has 2 N–H and O–H groups in total. The van der Waals surface area contributed by atoms with Crippen molar-refractivity contribution < 1.29 is 19.1 Å². The van der Waals surface area contributed by atoms with Crippen molar-refractivity contribution in [3.05, 3.63) is 52.7 Å². The summed E-state index contributed by atoms with van der Waals surface area (Å²) < 4.78 is 11.7. The molecule has 3 heterocycles. The van der Waals surface area contributed by atoms with Crippen LogP contribution >= 0.6 is 11.6 Å². The molecule has 2 aromatic carbocycles. The Bertz CT molecular complexity index is 1170. The fraction of sp³-hybridized carbons (Fsp3) is 0.304. The van der Waals surface area contributed by atoms with Gasteiger partial charge in [-0.25, -0.2) is 0 Å². The average Bonchev–Trinajstić information content (AvgIpc) is 3.38. The van der Waals surface area contributed by atoms with Gasteiger partial charge in [-0.1, -0.05) is 11.6 Å². The molecule has 0 unspecified atom stereocenters. The van der Waals surface area contributed by atoms with Crippen molar-refractivity contribution in [2.75, 3.05) is 31.6 Å². The maximum atomic E-state index is 13.1. The van der Waals surface area contributed by atoms with Crippen LogP contribution in [0.3, 0.4) is 0 Å². The molecular weight excluding hydrogens is 418 g/mol. The van der Waals surface area contributed by atoms with Crippen LogP contribution in [0.25, 0.3) is 10.9 Å². The van der Waals surface area contributed by atoms with Gasteiger partial charge in [0.25, 0.3) is 11.8 Å². The molecule has 0 saturated carbocycles. The first-order valence-electron chi connectivity index (χ1n) is 10.4. The number of likely N-dealkylation sites (tertiary alicyclic amines) is 1. The van der Waals surface area contributed by atoms with Crippen LogP contribution in [0.15, 0.2) is 36.4 Å². The molecule has 2 aliphatic heterocycles. The van der Waals surface area contributed by atoms with Crippen LogP contribution < -0.4 is 14.8 Å². The van der Waals surface area contributed by atoms with Gasteiger partial charge in [-0.3, -0.25) is 9.59 Å². The Morgan fingerprint density at radius 2 is 1.81 bits per heavy atom. The fourth-order valence-electron chi connectivity index (χ4n) is 4.02. The molecule has 1 fully saturated rings. The van der Waals surface area contributed by atoms with Gasteiger partial charge in [-0.05, 0) is 43.2 Å². The number of aromatic amines is 1. The third-order valence-electron chi connectivity index (χ3n) is 5.56. The molecule has 0 radical (unpaired) electrons. The van der Waals surface area contributed by atoms with E-state index in [1.54, 1.807) is 30.3 Å². The van der Waals surface area contributed by atoms with Gasteiger partial charge in [0.1, 0.15) is 5.69 Å². The maximum absolute atomic E-state index is 13.1. The predicted octanol–water partition coefficient (Wildman–Crippen LogP) is 4.47. The maximum Gasteiger partial charge on any atom is 0.272 e. The summed E-state index contributed by atoms with van der Waals surface area (Å²) in [6, 6.07) is 10.5. The quantitative estimate of drug-likeness (QED) is 0.630. The summed E-state index contributed by atoms with van der Waals surface area (Å²) in [5, 5.41) is 4.33. The summed E-state index contributed by atoms with van der Waals surface area (Å²) in [5.41, 5.74) is 2.11. The van der Waals surface area contributed by atoms with Crippen LogP contribution in [0.1, 0.15) is 40.1 Å². The molecule has 160 valence electrons. The van der Waals surface area contributed by atoms with Crippen LogP contribution in [0.5, 0.6) is 11.5 Å². The molecule has 2 amide bonds. The number of hydrogen-bond donors (Lipinski definition) is 2.